The molecule has 1 aromatic carbocycles. The molecule has 0 atom stereocenters. The Morgan fingerprint density at radius 3 is 2.53 bits per heavy atom. The summed E-state index contributed by atoms with van der Waals surface area (Å²) in [6.45, 7) is 6.73. The molecule has 1 aromatic rings. The van der Waals surface area contributed by atoms with E-state index in [4.69, 9.17) is 0 Å². The van der Waals surface area contributed by atoms with Crippen molar-refractivity contribution in [1.82, 2.24) is 4.90 Å². The Morgan fingerprint density at radius 1 is 1.21 bits per heavy atom. The zero-order chi connectivity index (χ0) is 13.0. The minimum absolute atomic E-state index is 0. The molecule has 0 aliphatic carbocycles. The fourth-order valence-corrected chi connectivity index (χ4v) is 2.46. The molecule has 0 aromatic heterocycles. The second kappa shape index (κ2) is 7.51. The molecule has 1 aliphatic rings. The van der Waals surface area contributed by atoms with Crippen LogP contribution in [0.2, 0.25) is 0 Å². The van der Waals surface area contributed by atoms with E-state index in [1.807, 2.05) is 19.1 Å². The molecule has 1 saturated heterocycles. The maximum absolute atomic E-state index is 12.0. The number of piperidine rings is 1. The molecule has 4 heteroatoms. The van der Waals surface area contributed by atoms with Gasteiger partial charge in [-0.05, 0) is 51.4 Å². The average Bonchev–Trinajstić information content (AvgIpc) is 2.34. The fourth-order valence-electron chi connectivity index (χ4n) is 2.46. The van der Waals surface area contributed by atoms with Gasteiger partial charge < -0.3 is 5.32 Å². The third-order valence-electron chi connectivity index (χ3n) is 3.47. The van der Waals surface area contributed by atoms with Crippen LogP contribution >= 0.6 is 12.4 Å². The lowest BCUT2D eigenvalue weighted by atomic mass is 10.1. The molecule has 2 rings (SSSR count). The van der Waals surface area contributed by atoms with Gasteiger partial charge in [0.05, 0.1) is 6.54 Å². The lowest BCUT2D eigenvalue weighted by Gasteiger charge is -2.25. The van der Waals surface area contributed by atoms with Gasteiger partial charge in [-0.15, -0.1) is 12.4 Å². The van der Waals surface area contributed by atoms with Crippen molar-refractivity contribution in [2.24, 2.45) is 0 Å². The third-order valence-corrected chi connectivity index (χ3v) is 3.47. The van der Waals surface area contributed by atoms with E-state index in [1.165, 1.54) is 24.8 Å². The molecule has 1 aliphatic heterocycles. The summed E-state index contributed by atoms with van der Waals surface area (Å²) in [7, 11) is 0. The molecule has 0 saturated carbocycles. The Morgan fingerprint density at radius 2 is 1.89 bits per heavy atom. The maximum Gasteiger partial charge on any atom is 0.238 e. The van der Waals surface area contributed by atoms with E-state index in [1.54, 1.807) is 0 Å². The third kappa shape index (κ3) is 4.84. The highest BCUT2D eigenvalue weighted by Gasteiger charge is 2.14. The Bertz CT molecular complexity index is 428. The van der Waals surface area contributed by atoms with E-state index >= 15 is 0 Å². The molecule has 0 bridgehead atoms. The first-order valence-corrected chi connectivity index (χ1v) is 6.74. The number of rotatable bonds is 3. The molecular weight excluding hydrogens is 260 g/mol. The first-order valence-electron chi connectivity index (χ1n) is 6.74. The molecule has 19 heavy (non-hydrogen) atoms. The van der Waals surface area contributed by atoms with Gasteiger partial charge in [-0.25, -0.2) is 0 Å². The first-order chi connectivity index (χ1) is 8.65. The Labute approximate surface area is 121 Å². The number of nitrogens with one attached hydrogen (secondary N) is 1. The second-order valence-corrected chi connectivity index (χ2v) is 5.20. The largest absolute Gasteiger partial charge is 0.325 e. The van der Waals surface area contributed by atoms with E-state index in [0.717, 1.165) is 24.3 Å². The zero-order valence-corrected chi connectivity index (χ0v) is 12.6. The lowest BCUT2D eigenvalue weighted by Crippen LogP contribution is -2.36. The van der Waals surface area contributed by atoms with E-state index in [0.29, 0.717) is 6.54 Å². The fraction of sp³-hybridized carbons (Fsp3) is 0.533. The predicted octanol–water partition coefficient (Wildman–Crippen LogP) is 3.15. The quantitative estimate of drug-likeness (QED) is 0.924. The molecule has 1 amide bonds. The van der Waals surface area contributed by atoms with Crippen LogP contribution in [-0.4, -0.2) is 30.4 Å². The number of hydrogen-bond donors (Lipinski definition) is 1. The van der Waals surface area contributed by atoms with Crippen molar-refractivity contribution in [3.8, 4) is 0 Å². The summed E-state index contributed by atoms with van der Waals surface area (Å²) in [5.74, 6) is 0.101. The number of carbonyl (C=O) groups excluding carboxylic acids is 1. The number of hydrogen-bond acceptors (Lipinski definition) is 2. The average molecular weight is 283 g/mol. The number of amides is 1. The molecule has 1 N–H and O–H groups in total. The molecule has 0 spiro atoms. The Hall–Kier alpha value is -1.06. The van der Waals surface area contributed by atoms with Gasteiger partial charge in [0.15, 0.2) is 0 Å². The van der Waals surface area contributed by atoms with Gasteiger partial charge in [0.1, 0.15) is 0 Å². The highest BCUT2D eigenvalue weighted by atomic mass is 35.5. The predicted molar refractivity (Wildman–Crippen MR) is 82.1 cm³/mol. The lowest BCUT2D eigenvalue weighted by molar-refractivity contribution is -0.117. The topological polar surface area (TPSA) is 32.3 Å². The summed E-state index contributed by atoms with van der Waals surface area (Å²) in [4.78, 5) is 14.2. The van der Waals surface area contributed by atoms with Crippen molar-refractivity contribution in [3.63, 3.8) is 0 Å². The highest BCUT2D eigenvalue weighted by molar-refractivity contribution is 5.93. The number of halogens is 1. The molecular formula is C15H23ClN2O. The van der Waals surface area contributed by atoms with Gasteiger partial charge in [0.25, 0.3) is 0 Å². The summed E-state index contributed by atoms with van der Waals surface area (Å²) in [5, 5.41) is 3.00. The van der Waals surface area contributed by atoms with E-state index in [2.05, 4.69) is 23.2 Å². The molecule has 0 radical (unpaired) electrons. The first kappa shape index (κ1) is 16.0. The van der Waals surface area contributed by atoms with Crippen molar-refractivity contribution in [3.05, 3.63) is 29.3 Å². The number of aryl methyl sites for hydroxylation is 2. The van der Waals surface area contributed by atoms with Crippen molar-refractivity contribution in [2.45, 2.75) is 33.1 Å². The number of anilines is 1. The summed E-state index contributed by atoms with van der Waals surface area (Å²) < 4.78 is 0. The smallest absolute Gasteiger partial charge is 0.238 e. The van der Waals surface area contributed by atoms with Crippen LogP contribution in [0.1, 0.15) is 30.4 Å². The molecule has 1 fully saturated rings. The van der Waals surface area contributed by atoms with Gasteiger partial charge in [0.2, 0.25) is 5.91 Å². The Kier molecular flexibility index (Phi) is 6.32. The van der Waals surface area contributed by atoms with Crippen molar-refractivity contribution < 1.29 is 4.79 Å². The van der Waals surface area contributed by atoms with E-state index in [-0.39, 0.29) is 18.3 Å². The van der Waals surface area contributed by atoms with E-state index < -0.39 is 0 Å². The summed E-state index contributed by atoms with van der Waals surface area (Å²) in [6, 6.07) is 6.11. The Balaban J connectivity index is 0.00000180. The second-order valence-electron chi connectivity index (χ2n) is 5.20. The minimum Gasteiger partial charge on any atom is -0.325 e. The molecule has 1 heterocycles. The maximum atomic E-state index is 12.0. The van der Waals surface area contributed by atoms with Gasteiger partial charge in [-0.2, -0.15) is 0 Å². The number of nitrogens with zero attached hydrogens (tertiary/aromatic N) is 1. The number of likely N-dealkylation sites (tertiary alicyclic amines) is 1. The highest BCUT2D eigenvalue weighted by Crippen LogP contribution is 2.16. The van der Waals surface area contributed by atoms with Crippen LogP contribution in [0.25, 0.3) is 0 Å². The molecule has 106 valence electrons. The molecule has 0 unspecified atom stereocenters. The van der Waals surface area contributed by atoms with Gasteiger partial charge >= 0.3 is 0 Å². The number of carbonyl (C=O) groups is 1. The SMILES string of the molecule is Cc1ccc(NC(=O)CN2CCCCC2)c(C)c1.Cl. The summed E-state index contributed by atoms with van der Waals surface area (Å²) >= 11 is 0. The van der Waals surface area contributed by atoms with Gasteiger partial charge in [-0.3, -0.25) is 9.69 Å². The minimum atomic E-state index is 0. The van der Waals surface area contributed by atoms with Crippen LogP contribution in [0.4, 0.5) is 5.69 Å². The summed E-state index contributed by atoms with van der Waals surface area (Å²) in [6.07, 6.45) is 3.74. The zero-order valence-electron chi connectivity index (χ0n) is 11.7. The molecule has 3 nitrogen and oxygen atoms in total. The van der Waals surface area contributed by atoms with Gasteiger partial charge in [0, 0.05) is 5.69 Å². The number of benzene rings is 1. The van der Waals surface area contributed by atoms with Crippen LogP contribution in [0.3, 0.4) is 0 Å². The van der Waals surface area contributed by atoms with Crippen LogP contribution in [0.5, 0.6) is 0 Å². The van der Waals surface area contributed by atoms with Crippen LogP contribution in [-0.2, 0) is 4.79 Å². The standard InChI is InChI=1S/C15H22N2O.ClH/c1-12-6-7-14(13(2)10-12)16-15(18)11-17-8-4-3-5-9-17;/h6-7,10H,3-5,8-9,11H2,1-2H3,(H,16,18);1H. The monoisotopic (exact) mass is 282 g/mol. The van der Waals surface area contributed by atoms with Crippen LogP contribution < -0.4 is 5.32 Å². The normalized spacial score (nSPS) is 15.7. The van der Waals surface area contributed by atoms with E-state index in [9.17, 15) is 4.79 Å². The van der Waals surface area contributed by atoms with Gasteiger partial charge in [-0.1, -0.05) is 24.1 Å². The van der Waals surface area contributed by atoms with Crippen LogP contribution in [0, 0.1) is 13.8 Å². The van der Waals surface area contributed by atoms with Crippen molar-refractivity contribution in [2.75, 3.05) is 25.0 Å². The van der Waals surface area contributed by atoms with Crippen LogP contribution in [0.15, 0.2) is 18.2 Å². The van der Waals surface area contributed by atoms with Crippen molar-refractivity contribution >= 4 is 24.0 Å². The summed E-state index contributed by atoms with van der Waals surface area (Å²) in [5.41, 5.74) is 3.28. The van der Waals surface area contributed by atoms with Crippen molar-refractivity contribution in [1.29, 1.82) is 0 Å².